The summed E-state index contributed by atoms with van der Waals surface area (Å²) in [5.41, 5.74) is 3.57. The van der Waals surface area contributed by atoms with E-state index in [2.05, 4.69) is 20.1 Å². The molecule has 0 fully saturated rings. The molecule has 23 heavy (non-hydrogen) atoms. The highest BCUT2D eigenvalue weighted by atomic mass is 16.5. The molecule has 0 aliphatic rings. The third kappa shape index (κ3) is 2.24. The minimum Gasteiger partial charge on any atom is -0.497 e. The van der Waals surface area contributed by atoms with Gasteiger partial charge in [0.2, 0.25) is 5.82 Å². The van der Waals surface area contributed by atoms with Gasteiger partial charge in [-0.2, -0.15) is 4.98 Å². The van der Waals surface area contributed by atoms with Gasteiger partial charge in [-0.05, 0) is 42.8 Å². The number of benzene rings is 1. The number of pyridine rings is 1. The number of hydrogen-bond donors (Lipinski definition) is 1. The van der Waals surface area contributed by atoms with Crippen molar-refractivity contribution in [3.05, 3.63) is 48.3 Å². The molecular formula is C17H14N4O2. The highest BCUT2D eigenvalue weighted by Crippen LogP contribution is 2.29. The summed E-state index contributed by atoms with van der Waals surface area (Å²) in [4.78, 5) is 12.0. The summed E-state index contributed by atoms with van der Waals surface area (Å²) in [6, 6.07) is 9.58. The lowest BCUT2D eigenvalue weighted by Crippen LogP contribution is -1.89. The van der Waals surface area contributed by atoms with E-state index in [1.54, 1.807) is 13.3 Å². The number of H-pyrrole nitrogens is 1. The molecule has 0 aliphatic carbocycles. The molecule has 0 amide bonds. The molecule has 4 aromatic rings. The van der Waals surface area contributed by atoms with Crippen LogP contribution in [0, 0.1) is 6.92 Å². The molecule has 1 aromatic carbocycles. The Morgan fingerprint density at radius 1 is 1.17 bits per heavy atom. The summed E-state index contributed by atoms with van der Waals surface area (Å²) in [5.74, 6) is 1.74. The number of aromatic nitrogens is 4. The third-order valence-electron chi connectivity index (χ3n) is 3.78. The summed E-state index contributed by atoms with van der Waals surface area (Å²) in [5, 5.41) is 5.05. The molecule has 0 saturated heterocycles. The monoisotopic (exact) mass is 306 g/mol. The first-order valence-corrected chi connectivity index (χ1v) is 7.17. The molecule has 0 spiro atoms. The Labute approximate surface area is 132 Å². The zero-order chi connectivity index (χ0) is 15.8. The Bertz CT molecular complexity index is 987. The van der Waals surface area contributed by atoms with E-state index in [0.29, 0.717) is 17.4 Å². The van der Waals surface area contributed by atoms with Crippen molar-refractivity contribution in [3.8, 4) is 28.7 Å². The van der Waals surface area contributed by atoms with Crippen molar-refractivity contribution >= 4 is 10.9 Å². The Hall–Kier alpha value is -3.15. The lowest BCUT2D eigenvalue weighted by atomic mass is 10.1. The Morgan fingerprint density at radius 2 is 2.09 bits per heavy atom. The van der Waals surface area contributed by atoms with Crippen molar-refractivity contribution in [3.63, 3.8) is 0 Å². The van der Waals surface area contributed by atoms with E-state index < -0.39 is 0 Å². The Balaban J connectivity index is 1.79. The first kappa shape index (κ1) is 13.5. The topological polar surface area (TPSA) is 76.8 Å². The van der Waals surface area contributed by atoms with Crippen LogP contribution < -0.4 is 4.74 Å². The van der Waals surface area contributed by atoms with E-state index in [1.165, 1.54) is 0 Å². The molecule has 0 unspecified atom stereocenters. The fourth-order valence-electron chi connectivity index (χ4n) is 2.59. The largest absolute Gasteiger partial charge is 0.497 e. The van der Waals surface area contributed by atoms with Crippen molar-refractivity contribution in [2.75, 3.05) is 7.11 Å². The molecule has 3 heterocycles. The minimum absolute atomic E-state index is 0.467. The zero-order valence-corrected chi connectivity index (χ0v) is 12.7. The number of fused-ring (bicyclic) bond motifs is 1. The molecule has 1 N–H and O–H groups in total. The van der Waals surface area contributed by atoms with Crippen molar-refractivity contribution < 1.29 is 9.26 Å². The van der Waals surface area contributed by atoms with Crippen molar-refractivity contribution in [2.24, 2.45) is 0 Å². The van der Waals surface area contributed by atoms with Crippen molar-refractivity contribution in [2.45, 2.75) is 6.92 Å². The van der Waals surface area contributed by atoms with Crippen LogP contribution >= 0.6 is 0 Å². The maximum Gasteiger partial charge on any atom is 0.258 e. The third-order valence-corrected chi connectivity index (χ3v) is 3.78. The van der Waals surface area contributed by atoms with Crippen LogP contribution in [0.3, 0.4) is 0 Å². The van der Waals surface area contributed by atoms with Gasteiger partial charge in [-0.25, -0.2) is 0 Å². The fraction of sp³-hybridized carbons (Fsp3) is 0.118. The quantitative estimate of drug-likeness (QED) is 0.626. The maximum atomic E-state index is 5.43. The molecule has 0 bridgehead atoms. The van der Waals surface area contributed by atoms with Gasteiger partial charge in [-0.15, -0.1) is 0 Å². The molecule has 114 valence electrons. The van der Waals surface area contributed by atoms with Crippen LogP contribution in [-0.2, 0) is 0 Å². The predicted octanol–water partition coefficient (Wildman–Crippen LogP) is 3.60. The summed E-state index contributed by atoms with van der Waals surface area (Å²) in [6.07, 6.45) is 3.59. The second-order valence-corrected chi connectivity index (χ2v) is 5.20. The summed E-state index contributed by atoms with van der Waals surface area (Å²) in [6.45, 7) is 1.98. The zero-order valence-electron chi connectivity index (χ0n) is 12.7. The van der Waals surface area contributed by atoms with Crippen LogP contribution in [-0.4, -0.2) is 27.2 Å². The van der Waals surface area contributed by atoms with Gasteiger partial charge in [0, 0.05) is 28.9 Å². The molecule has 6 nitrogen and oxygen atoms in total. The normalized spacial score (nSPS) is 11.0. The Morgan fingerprint density at radius 3 is 2.91 bits per heavy atom. The maximum absolute atomic E-state index is 5.43. The number of ether oxygens (including phenoxy) is 1. The van der Waals surface area contributed by atoms with Gasteiger partial charge in [0.15, 0.2) is 0 Å². The first-order valence-electron chi connectivity index (χ1n) is 7.17. The van der Waals surface area contributed by atoms with Crippen LogP contribution in [0.15, 0.2) is 47.2 Å². The second kappa shape index (κ2) is 5.24. The van der Waals surface area contributed by atoms with Gasteiger partial charge < -0.3 is 14.2 Å². The van der Waals surface area contributed by atoms with E-state index in [1.807, 2.05) is 43.5 Å². The molecule has 0 saturated carbocycles. The molecule has 0 radical (unpaired) electrons. The average molecular weight is 306 g/mol. The predicted molar refractivity (Wildman–Crippen MR) is 86.1 cm³/mol. The van der Waals surface area contributed by atoms with E-state index in [-0.39, 0.29) is 0 Å². The van der Waals surface area contributed by atoms with Crippen LogP contribution in [0.25, 0.3) is 33.9 Å². The van der Waals surface area contributed by atoms with Crippen molar-refractivity contribution in [1.29, 1.82) is 0 Å². The number of nitrogens with one attached hydrogen (secondary N) is 1. The van der Waals surface area contributed by atoms with Gasteiger partial charge in [0.25, 0.3) is 5.89 Å². The van der Waals surface area contributed by atoms with Gasteiger partial charge in [-0.3, -0.25) is 4.98 Å². The lowest BCUT2D eigenvalue weighted by Gasteiger charge is -2.03. The first-order chi connectivity index (χ1) is 11.3. The standard InChI is InChI=1S/C17H14N4O2/c1-10-9-11(22-2)3-4-12(10)17-20-16(21-23-17)15-13-5-7-18-14(13)6-8-19-15/h3-9,18H,1-2H3. The van der Waals surface area contributed by atoms with Crippen LogP contribution in [0.4, 0.5) is 0 Å². The summed E-state index contributed by atoms with van der Waals surface area (Å²) < 4.78 is 10.7. The second-order valence-electron chi connectivity index (χ2n) is 5.20. The molecule has 0 aliphatic heterocycles. The van der Waals surface area contributed by atoms with E-state index >= 15 is 0 Å². The average Bonchev–Trinajstić information content (AvgIpc) is 3.23. The van der Waals surface area contributed by atoms with Gasteiger partial charge in [-0.1, -0.05) is 5.16 Å². The molecule has 3 aromatic heterocycles. The van der Waals surface area contributed by atoms with Crippen LogP contribution in [0.5, 0.6) is 5.75 Å². The van der Waals surface area contributed by atoms with E-state index in [4.69, 9.17) is 9.26 Å². The number of aryl methyl sites for hydroxylation is 1. The van der Waals surface area contributed by atoms with E-state index in [0.717, 1.165) is 27.8 Å². The van der Waals surface area contributed by atoms with Gasteiger partial charge >= 0.3 is 0 Å². The Kier molecular flexibility index (Phi) is 3.08. The molecule has 4 rings (SSSR count). The molecule has 0 atom stereocenters. The number of methoxy groups -OCH3 is 1. The molecular weight excluding hydrogens is 292 g/mol. The van der Waals surface area contributed by atoms with Crippen molar-refractivity contribution in [1.82, 2.24) is 20.1 Å². The fourth-order valence-corrected chi connectivity index (χ4v) is 2.59. The van der Waals surface area contributed by atoms with Gasteiger partial charge in [0.05, 0.1) is 7.11 Å². The van der Waals surface area contributed by atoms with E-state index in [9.17, 15) is 0 Å². The highest BCUT2D eigenvalue weighted by Gasteiger charge is 2.16. The highest BCUT2D eigenvalue weighted by molar-refractivity contribution is 5.91. The summed E-state index contributed by atoms with van der Waals surface area (Å²) in [7, 11) is 1.64. The summed E-state index contributed by atoms with van der Waals surface area (Å²) >= 11 is 0. The lowest BCUT2D eigenvalue weighted by molar-refractivity contribution is 0.414. The number of nitrogens with zero attached hydrogens (tertiary/aromatic N) is 3. The number of hydrogen-bond acceptors (Lipinski definition) is 5. The number of rotatable bonds is 3. The smallest absolute Gasteiger partial charge is 0.258 e. The number of aromatic amines is 1. The molecule has 6 heteroatoms. The SMILES string of the molecule is COc1ccc(-c2nc(-c3nccc4[nH]ccc34)no2)c(C)c1. The van der Waals surface area contributed by atoms with Crippen LogP contribution in [0.2, 0.25) is 0 Å². The minimum atomic E-state index is 0.467. The van der Waals surface area contributed by atoms with Gasteiger partial charge in [0.1, 0.15) is 11.4 Å². The van der Waals surface area contributed by atoms with Crippen LogP contribution in [0.1, 0.15) is 5.56 Å².